The highest BCUT2D eigenvalue weighted by Crippen LogP contribution is 2.38. The minimum absolute atomic E-state index is 0.0227. The van der Waals surface area contributed by atoms with Crippen LogP contribution in [0.5, 0.6) is 5.75 Å². The van der Waals surface area contributed by atoms with Gasteiger partial charge < -0.3 is 4.74 Å². The molecule has 1 saturated heterocycles. The van der Waals surface area contributed by atoms with Gasteiger partial charge in [0, 0.05) is 12.5 Å². The SMILES string of the molecule is Cc1ccccc1N1C(=O)/C(=C/c2ccc3c(c2)CCO3)SC1=NC(C)C. The number of fused-ring (bicyclic) bond motifs is 1. The minimum atomic E-state index is -0.0227. The Morgan fingerprint density at radius 2 is 2.04 bits per heavy atom. The molecule has 2 heterocycles. The second-order valence-electron chi connectivity index (χ2n) is 7.01. The van der Waals surface area contributed by atoms with E-state index in [4.69, 9.17) is 9.73 Å². The van der Waals surface area contributed by atoms with Crippen molar-refractivity contribution in [1.82, 2.24) is 0 Å². The molecule has 4 rings (SSSR count). The number of carbonyl (C=O) groups excluding carboxylic acids is 1. The van der Waals surface area contributed by atoms with Crippen LogP contribution in [-0.2, 0) is 11.2 Å². The van der Waals surface area contributed by atoms with Gasteiger partial charge in [0.1, 0.15) is 5.75 Å². The second kappa shape index (κ2) is 7.24. The highest BCUT2D eigenvalue weighted by molar-refractivity contribution is 8.19. The zero-order valence-electron chi connectivity index (χ0n) is 15.7. The van der Waals surface area contributed by atoms with Crippen LogP contribution >= 0.6 is 11.8 Å². The van der Waals surface area contributed by atoms with Crippen molar-refractivity contribution in [2.45, 2.75) is 33.2 Å². The summed E-state index contributed by atoms with van der Waals surface area (Å²) in [6, 6.07) is 14.1. The molecule has 1 fully saturated rings. The van der Waals surface area contributed by atoms with E-state index in [0.29, 0.717) is 4.91 Å². The Kier molecular flexibility index (Phi) is 4.79. The third-order valence-electron chi connectivity index (χ3n) is 4.54. The number of benzene rings is 2. The molecule has 2 aliphatic heterocycles. The summed E-state index contributed by atoms with van der Waals surface area (Å²) in [6.07, 6.45) is 2.88. The first-order valence-corrected chi connectivity index (χ1v) is 9.98. The average molecular weight is 378 g/mol. The van der Waals surface area contributed by atoms with Crippen molar-refractivity contribution in [3.05, 3.63) is 64.1 Å². The molecule has 0 aliphatic carbocycles. The summed E-state index contributed by atoms with van der Waals surface area (Å²) in [7, 11) is 0. The van der Waals surface area contributed by atoms with Gasteiger partial charge >= 0.3 is 0 Å². The third kappa shape index (κ3) is 3.52. The number of anilines is 1. The molecule has 0 spiro atoms. The van der Waals surface area contributed by atoms with Gasteiger partial charge in [0.25, 0.3) is 5.91 Å². The number of hydrogen-bond acceptors (Lipinski definition) is 4. The molecule has 0 atom stereocenters. The van der Waals surface area contributed by atoms with Gasteiger partial charge in [-0.3, -0.25) is 14.7 Å². The lowest BCUT2D eigenvalue weighted by atomic mass is 10.1. The minimum Gasteiger partial charge on any atom is -0.493 e. The lowest BCUT2D eigenvalue weighted by molar-refractivity contribution is -0.113. The van der Waals surface area contributed by atoms with E-state index in [1.807, 2.05) is 63.2 Å². The molecule has 0 radical (unpaired) electrons. The number of amides is 1. The lowest BCUT2D eigenvalue weighted by Gasteiger charge is -2.18. The first-order valence-electron chi connectivity index (χ1n) is 9.16. The van der Waals surface area contributed by atoms with E-state index >= 15 is 0 Å². The number of amidine groups is 1. The normalized spacial score (nSPS) is 19.3. The van der Waals surface area contributed by atoms with E-state index < -0.39 is 0 Å². The standard InChI is InChI=1S/C22H22N2O2S/c1-14(2)23-22-24(18-7-5-4-6-15(18)3)21(25)20(27-22)13-16-8-9-19-17(12-16)10-11-26-19/h4-9,12-14H,10-11H2,1-3H3/b20-13-,23-22?. The van der Waals surface area contributed by atoms with Crippen LogP contribution in [-0.4, -0.2) is 23.7 Å². The number of para-hydroxylation sites is 1. The average Bonchev–Trinajstić information content (AvgIpc) is 3.20. The predicted molar refractivity (Wildman–Crippen MR) is 112 cm³/mol. The quantitative estimate of drug-likeness (QED) is 0.720. The Hall–Kier alpha value is -2.53. The maximum absolute atomic E-state index is 13.2. The van der Waals surface area contributed by atoms with Crippen LogP contribution in [0.1, 0.15) is 30.5 Å². The van der Waals surface area contributed by atoms with Crippen LogP contribution in [0.2, 0.25) is 0 Å². The van der Waals surface area contributed by atoms with Crippen molar-refractivity contribution in [2.24, 2.45) is 4.99 Å². The summed E-state index contributed by atoms with van der Waals surface area (Å²) >= 11 is 1.44. The maximum Gasteiger partial charge on any atom is 0.271 e. The zero-order valence-corrected chi connectivity index (χ0v) is 16.5. The number of hydrogen-bond donors (Lipinski definition) is 0. The fourth-order valence-electron chi connectivity index (χ4n) is 3.26. The van der Waals surface area contributed by atoms with Gasteiger partial charge in [-0.05, 0) is 73.5 Å². The number of carbonyl (C=O) groups is 1. The maximum atomic E-state index is 13.2. The fraction of sp³-hybridized carbons (Fsp3) is 0.273. The van der Waals surface area contributed by atoms with Crippen molar-refractivity contribution < 1.29 is 9.53 Å². The molecule has 0 aromatic heterocycles. The van der Waals surface area contributed by atoms with E-state index in [0.717, 1.165) is 40.8 Å². The van der Waals surface area contributed by atoms with Gasteiger partial charge in [-0.2, -0.15) is 0 Å². The van der Waals surface area contributed by atoms with Gasteiger partial charge in [0.15, 0.2) is 5.17 Å². The first kappa shape index (κ1) is 17.9. The molecule has 2 aromatic rings. The van der Waals surface area contributed by atoms with E-state index in [9.17, 15) is 4.79 Å². The van der Waals surface area contributed by atoms with Crippen LogP contribution in [0.4, 0.5) is 5.69 Å². The molecule has 2 aromatic carbocycles. The van der Waals surface area contributed by atoms with Crippen LogP contribution in [0, 0.1) is 6.92 Å². The largest absolute Gasteiger partial charge is 0.493 e. The molecule has 138 valence electrons. The van der Waals surface area contributed by atoms with Crippen molar-refractivity contribution >= 4 is 34.6 Å². The van der Waals surface area contributed by atoms with E-state index in [2.05, 4.69) is 6.07 Å². The van der Waals surface area contributed by atoms with Crippen LogP contribution in [0.25, 0.3) is 6.08 Å². The zero-order chi connectivity index (χ0) is 19.0. The number of thioether (sulfide) groups is 1. The number of aryl methyl sites for hydroxylation is 1. The highest BCUT2D eigenvalue weighted by atomic mass is 32.2. The molecular formula is C22H22N2O2S. The smallest absolute Gasteiger partial charge is 0.271 e. The summed E-state index contributed by atoms with van der Waals surface area (Å²) in [6.45, 7) is 6.80. The summed E-state index contributed by atoms with van der Waals surface area (Å²) < 4.78 is 5.57. The third-order valence-corrected chi connectivity index (χ3v) is 5.53. The molecule has 5 heteroatoms. The fourth-order valence-corrected chi connectivity index (χ4v) is 4.36. The monoisotopic (exact) mass is 378 g/mol. The highest BCUT2D eigenvalue weighted by Gasteiger charge is 2.35. The van der Waals surface area contributed by atoms with Crippen molar-refractivity contribution in [3.8, 4) is 5.75 Å². The first-order chi connectivity index (χ1) is 13.0. The number of nitrogens with zero attached hydrogens (tertiary/aromatic N) is 2. The number of ether oxygens (including phenoxy) is 1. The Morgan fingerprint density at radius 3 is 2.81 bits per heavy atom. The molecule has 0 saturated carbocycles. The van der Waals surface area contributed by atoms with Crippen molar-refractivity contribution in [2.75, 3.05) is 11.5 Å². The van der Waals surface area contributed by atoms with Gasteiger partial charge in [0.05, 0.1) is 17.2 Å². The summed E-state index contributed by atoms with van der Waals surface area (Å²) in [4.78, 5) is 20.3. The van der Waals surface area contributed by atoms with Gasteiger partial charge in [-0.1, -0.05) is 24.3 Å². The lowest BCUT2D eigenvalue weighted by Crippen LogP contribution is -2.30. The predicted octanol–water partition coefficient (Wildman–Crippen LogP) is 4.82. The molecule has 1 amide bonds. The second-order valence-corrected chi connectivity index (χ2v) is 8.02. The van der Waals surface area contributed by atoms with E-state index in [1.54, 1.807) is 4.90 Å². The molecule has 2 aliphatic rings. The van der Waals surface area contributed by atoms with Crippen LogP contribution in [0.15, 0.2) is 52.4 Å². The summed E-state index contributed by atoms with van der Waals surface area (Å²) in [5.41, 5.74) is 4.16. The summed E-state index contributed by atoms with van der Waals surface area (Å²) in [5, 5.41) is 0.736. The van der Waals surface area contributed by atoms with Crippen molar-refractivity contribution in [1.29, 1.82) is 0 Å². The molecule has 27 heavy (non-hydrogen) atoms. The molecule has 0 N–H and O–H groups in total. The molecule has 4 nitrogen and oxygen atoms in total. The number of aliphatic imine (C=N–C) groups is 1. The Labute approximate surface area is 163 Å². The Bertz CT molecular complexity index is 963. The van der Waals surface area contributed by atoms with Gasteiger partial charge in [-0.15, -0.1) is 0 Å². The van der Waals surface area contributed by atoms with E-state index in [1.165, 1.54) is 17.3 Å². The topological polar surface area (TPSA) is 41.9 Å². The van der Waals surface area contributed by atoms with Crippen molar-refractivity contribution in [3.63, 3.8) is 0 Å². The molecule has 0 unspecified atom stereocenters. The number of rotatable bonds is 3. The van der Waals surface area contributed by atoms with Gasteiger partial charge in [0.2, 0.25) is 0 Å². The van der Waals surface area contributed by atoms with Crippen LogP contribution < -0.4 is 9.64 Å². The Balaban J connectivity index is 1.73. The Morgan fingerprint density at radius 1 is 1.22 bits per heavy atom. The molecular weight excluding hydrogens is 356 g/mol. The summed E-state index contributed by atoms with van der Waals surface area (Å²) in [5.74, 6) is 0.927. The molecule has 0 bridgehead atoms. The van der Waals surface area contributed by atoms with Crippen LogP contribution in [0.3, 0.4) is 0 Å². The van der Waals surface area contributed by atoms with E-state index in [-0.39, 0.29) is 11.9 Å². The van der Waals surface area contributed by atoms with Gasteiger partial charge in [-0.25, -0.2) is 0 Å².